The second-order valence-electron chi connectivity index (χ2n) is 4.35. The average molecular weight is 331 g/mol. The summed E-state index contributed by atoms with van der Waals surface area (Å²) in [5, 5.41) is 9.03. The Bertz CT molecular complexity index is 781. The van der Waals surface area contributed by atoms with Crippen molar-refractivity contribution >= 4 is 15.7 Å². The summed E-state index contributed by atoms with van der Waals surface area (Å²) < 4.78 is 65.6. The molecule has 0 fully saturated rings. The summed E-state index contributed by atoms with van der Waals surface area (Å²) in [5.41, 5.74) is -0.431. The van der Waals surface area contributed by atoms with E-state index in [1.165, 1.54) is 6.07 Å². The Morgan fingerprint density at radius 2 is 1.68 bits per heavy atom. The molecule has 2 aromatic carbocycles. The van der Waals surface area contributed by atoms with Gasteiger partial charge in [-0.2, -0.15) is 0 Å². The van der Waals surface area contributed by atoms with Gasteiger partial charge in [-0.25, -0.2) is 21.6 Å². The van der Waals surface area contributed by atoms with Gasteiger partial charge in [-0.05, 0) is 30.3 Å². The van der Waals surface area contributed by atoms with Gasteiger partial charge in [0, 0.05) is 6.07 Å². The van der Waals surface area contributed by atoms with E-state index >= 15 is 0 Å². The number of nitrogens with zero attached hydrogens (tertiary/aromatic N) is 1. The highest BCUT2D eigenvalue weighted by Gasteiger charge is 2.27. The van der Waals surface area contributed by atoms with E-state index in [0.29, 0.717) is 10.4 Å². The van der Waals surface area contributed by atoms with Gasteiger partial charge >= 0.3 is 0 Å². The van der Waals surface area contributed by atoms with Gasteiger partial charge in [-0.15, -0.1) is 0 Å². The maximum absolute atomic E-state index is 13.8. The van der Waals surface area contributed by atoms with Gasteiger partial charge in [0.05, 0.1) is 23.7 Å². The number of anilines is 1. The first-order valence-electron chi connectivity index (χ1n) is 6.20. The van der Waals surface area contributed by atoms with Crippen molar-refractivity contribution in [2.24, 2.45) is 0 Å². The standard InChI is InChI=1S/C14H12F3NO3S/c15-10-2-1-3-12(8-10)22(20,21)18(6-7-19)14-5-4-11(16)9-13(14)17/h1-5,8-9,19H,6-7H2. The summed E-state index contributed by atoms with van der Waals surface area (Å²) in [6.07, 6.45) is 0. The van der Waals surface area contributed by atoms with Crippen LogP contribution in [0.1, 0.15) is 0 Å². The van der Waals surface area contributed by atoms with Crippen LogP contribution in [0.2, 0.25) is 0 Å². The molecule has 0 aliphatic rings. The molecule has 0 amide bonds. The maximum atomic E-state index is 13.8. The molecule has 0 atom stereocenters. The minimum Gasteiger partial charge on any atom is -0.394 e. The van der Waals surface area contributed by atoms with Crippen molar-refractivity contribution in [1.82, 2.24) is 0 Å². The second-order valence-corrected chi connectivity index (χ2v) is 6.22. The quantitative estimate of drug-likeness (QED) is 0.914. The van der Waals surface area contributed by atoms with Crippen molar-refractivity contribution in [3.63, 3.8) is 0 Å². The smallest absolute Gasteiger partial charge is 0.264 e. The van der Waals surface area contributed by atoms with Crippen LogP contribution in [0, 0.1) is 17.5 Å². The lowest BCUT2D eigenvalue weighted by Gasteiger charge is -2.24. The number of aliphatic hydroxyl groups excluding tert-OH is 1. The van der Waals surface area contributed by atoms with Gasteiger partial charge < -0.3 is 5.11 Å². The SMILES string of the molecule is O=S(=O)(c1cccc(F)c1)N(CCO)c1ccc(F)cc1F. The highest BCUT2D eigenvalue weighted by Crippen LogP contribution is 2.26. The van der Waals surface area contributed by atoms with E-state index in [-0.39, 0.29) is 0 Å². The van der Waals surface area contributed by atoms with E-state index in [1.807, 2.05) is 0 Å². The van der Waals surface area contributed by atoms with Crippen LogP contribution < -0.4 is 4.31 Å². The van der Waals surface area contributed by atoms with Gasteiger partial charge in [-0.1, -0.05) is 6.07 Å². The lowest BCUT2D eigenvalue weighted by molar-refractivity contribution is 0.306. The normalized spacial score (nSPS) is 11.5. The molecule has 2 aromatic rings. The Kier molecular flexibility index (Phi) is 4.72. The van der Waals surface area contributed by atoms with Crippen LogP contribution in [-0.2, 0) is 10.0 Å². The van der Waals surface area contributed by atoms with Gasteiger partial charge in [0.1, 0.15) is 17.5 Å². The van der Waals surface area contributed by atoms with Crippen molar-refractivity contribution in [3.8, 4) is 0 Å². The minimum absolute atomic E-state index is 0.398. The van der Waals surface area contributed by atoms with Crippen molar-refractivity contribution in [2.45, 2.75) is 4.90 Å². The van der Waals surface area contributed by atoms with Crippen LogP contribution in [0.15, 0.2) is 47.4 Å². The second kappa shape index (κ2) is 6.37. The van der Waals surface area contributed by atoms with Crippen LogP contribution in [-0.4, -0.2) is 26.7 Å². The van der Waals surface area contributed by atoms with Crippen LogP contribution in [0.4, 0.5) is 18.9 Å². The highest BCUT2D eigenvalue weighted by atomic mass is 32.2. The summed E-state index contributed by atoms with van der Waals surface area (Å²) >= 11 is 0. The average Bonchev–Trinajstić information content (AvgIpc) is 2.45. The Hall–Kier alpha value is -2.06. The third-order valence-electron chi connectivity index (χ3n) is 2.87. The maximum Gasteiger partial charge on any atom is 0.264 e. The molecule has 0 heterocycles. The summed E-state index contributed by atoms with van der Waals surface area (Å²) in [7, 11) is -4.30. The Morgan fingerprint density at radius 1 is 1.00 bits per heavy atom. The Balaban J connectivity index is 2.55. The molecule has 22 heavy (non-hydrogen) atoms. The molecule has 0 saturated carbocycles. The molecule has 0 saturated heterocycles. The van der Waals surface area contributed by atoms with E-state index in [4.69, 9.17) is 5.11 Å². The van der Waals surface area contributed by atoms with Gasteiger partial charge in [0.25, 0.3) is 10.0 Å². The van der Waals surface area contributed by atoms with Crippen LogP contribution in [0.3, 0.4) is 0 Å². The Morgan fingerprint density at radius 3 is 2.27 bits per heavy atom. The lowest BCUT2D eigenvalue weighted by Crippen LogP contribution is -2.34. The summed E-state index contributed by atoms with van der Waals surface area (Å²) in [6.45, 7) is -1.05. The molecule has 0 unspecified atom stereocenters. The fourth-order valence-electron chi connectivity index (χ4n) is 1.90. The fourth-order valence-corrected chi connectivity index (χ4v) is 3.39. The molecule has 1 N–H and O–H groups in total. The van der Waals surface area contributed by atoms with Crippen molar-refractivity contribution in [1.29, 1.82) is 0 Å². The van der Waals surface area contributed by atoms with E-state index in [2.05, 4.69) is 0 Å². The summed E-state index contributed by atoms with van der Waals surface area (Å²) in [5.74, 6) is -2.74. The molecule has 2 rings (SSSR count). The first-order chi connectivity index (χ1) is 10.4. The van der Waals surface area contributed by atoms with Crippen LogP contribution in [0.5, 0.6) is 0 Å². The fraction of sp³-hybridized carbons (Fsp3) is 0.143. The number of halogens is 3. The monoisotopic (exact) mass is 331 g/mol. The molecular weight excluding hydrogens is 319 g/mol. The number of sulfonamides is 1. The highest BCUT2D eigenvalue weighted by molar-refractivity contribution is 7.92. The van der Waals surface area contributed by atoms with E-state index in [9.17, 15) is 21.6 Å². The molecule has 4 nitrogen and oxygen atoms in total. The molecule has 0 aliphatic carbocycles. The number of hydrogen-bond acceptors (Lipinski definition) is 3. The number of aliphatic hydroxyl groups is 1. The largest absolute Gasteiger partial charge is 0.394 e. The van der Waals surface area contributed by atoms with Gasteiger partial charge in [0.2, 0.25) is 0 Å². The molecule has 0 bridgehead atoms. The molecular formula is C14H12F3NO3S. The van der Waals surface area contributed by atoms with Crippen LogP contribution >= 0.6 is 0 Å². The molecule has 0 aliphatic heterocycles. The van der Waals surface area contributed by atoms with E-state index in [1.54, 1.807) is 0 Å². The zero-order chi connectivity index (χ0) is 16.3. The van der Waals surface area contributed by atoms with Crippen molar-refractivity contribution in [3.05, 3.63) is 59.9 Å². The number of hydrogen-bond donors (Lipinski definition) is 1. The van der Waals surface area contributed by atoms with E-state index < -0.39 is 51.2 Å². The summed E-state index contributed by atoms with van der Waals surface area (Å²) in [6, 6.07) is 6.54. The minimum atomic E-state index is -4.30. The zero-order valence-corrected chi connectivity index (χ0v) is 12.0. The third kappa shape index (κ3) is 3.23. The molecule has 0 radical (unpaired) electrons. The van der Waals surface area contributed by atoms with Gasteiger partial charge in [-0.3, -0.25) is 4.31 Å². The molecule has 118 valence electrons. The first-order valence-corrected chi connectivity index (χ1v) is 7.64. The number of benzene rings is 2. The van der Waals surface area contributed by atoms with Crippen molar-refractivity contribution < 1.29 is 26.7 Å². The lowest BCUT2D eigenvalue weighted by atomic mass is 10.3. The molecule has 0 aromatic heterocycles. The zero-order valence-electron chi connectivity index (χ0n) is 11.2. The topological polar surface area (TPSA) is 57.6 Å². The predicted octanol–water partition coefficient (Wildman–Crippen LogP) is 2.29. The molecule has 8 heteroatoms. The molecule has 0 spiro atoms. The van der Waals surface area contributed by atoms with Crippen LogP contribution in [0.25, 0.3) is 0 Å². The summed E-state index contributed by atoms with van der Waals surface area (Å²) in [4.78, 5) is -0.398. The van der Waals surface area contributed by atoms with Crippen molar-refractivity contribution in [2.75, 3.05) is 17.5 Å². The third-order valence-corrected chi connectivity index (χ3v) is 4.67. The first kappa shape index (κ1) is 16.3. The number of rotatable bonds is 5. The predicted molar refractivity (Wildman–Crippen MR) is 74.4 cm³/mol. The van der Waals surface area contributed by atoms with Gasteiger partial charge in [0.15, 0.2) is 0 Å². The Labute approximate surface area is 125 Å². The van der Waals surface area contributed by atoms with E-state index in [0.717, 1.165) is 30.3 Å².